The number of primary amides is 1. The predicted octanol–water partition coefficient (Wildman–Crippen LogP) is 2.57. The molecule has 30 heavy (non-hydrogen) atoms. The molecule has 1 aliphatic rings. The summed E-state index contributed by atoms with van der Waals surface area (Å²) in [4.78, 5) is 36.9. The van der Waals surface area contributed by atoms with Gasteiger partial charge < -0.3 is 25.6 Å². The molecule has 4 rings (SSSR count). The third-order valence-corrected chi connectivity index (χ3v) is 5.41. The van der Waals surface area contributed by atoms with Crippen LogP contribution >= 0.6 is 0 Å². The van der Waals surface area contributed by atoms with E-state index in [1.54, 1.807) is 24.3 Å². The number of likely N-dealkylation sites (N-methyl/N-ethyl adjacent to an activating group) is 1. The van der Waals surface area contributed by atoms with Gasteiger partial charge in [0.25, 0.3) is 0 Å². The lowest BCUT2D eigenvalue weighted by molar-refractivity contribution is 0.1000. The van der Waals surface area contributed by atoms with Crippen molar-refractivity contribution in [2.75, 3.05) is 25.0 Å². The number of nitrogens with one attached hydrogen (secondary N) is 1. The Hall–Kier alpha value is -3.62. The van der Waals surface area contributed by atoms with Gasteiger partial charge in [0.2, 0.25) is 5.91 Å². The molecule has 4 N–H and O–H groups in total. The van der Waals surface area contributed by atoms with E-state index in [9.17, 15) is 14.7 Å². The maximum Gasteiger partial charge on any atom is 0.407 e. The maximum absolute atomic E-state index is 11.2. The fourth-order valence-corrected chi connectivity index (χ4v) is 3.63. The first-order valence-electron chi connectivity index (χ1n) is 9.72. The fraction of sp³-hybridized carbons (Fsp3) is 0.333. The highest BCUT2D eigenvalue weighted by Crippen LogP contribution is 2.28. The molecule has 3 aromatic rings. The van der Waals surface area contributed by atoms with Crippen molar-refractivity contribution in [3.05, 3.63) is 54.5 Å². The second-order valence-electron chi connectivity index (χ2n) is 7.34. The molecule has 1 fully saturated rings. The van der Waals surface area contributed by atoms with E-state index in [2.05, 4.69) is 26.8 Å². The van der Waals surface area contributed by atoms with E-state index in [0.29, 0.717) is 24.6 Å². The molecule has 2 amide bonds. The van der Waals surface area contributed by atoms with Crippen LogP contribution in [0.25, 0.3) is 11.0 Å². The van der Waals surface area contributed by atoms with Crippen molar-refractivity contribution >= 4 is 28.9 Å². The molecule has 3 heterocycles. The zero-order chi connectivity index (χ0) is 21.7. The van der Waals surface area contributed by atoms with Gasteiger partial charge >= 0.3 is 6.09 Å². The minimum Gasteiger partial charge on any atom is -0.465 e. The van der Waals surface area contributed by atoms with Gasteiger partial charge in [-0.15, -0.1) is 0 Å². The van der Waals surface area contributed by atoms with E-state index >= 15 is 0 Å². The summed E-state index contributed by atoms with van der Waals surface area (Å²) in [5, 5.41) is 10.2. The van der Waals surface area contributed by atoms with Gasteiger partial charge in [-0.05, 0) is 30.5 Å². The van der Waals surface area contributed by atoms with Crippen LogP contribution in [-0.4, -0.2) is 63.1 Å². The number of carbonyl (C=O) groups excluding carboxylic acids is 1. The number of hydrogen-bond donors (Lipinski definition) is 3. The third-order valence-electron chi connectivity index (χ3n) is 5.41. The highest BCUT2D eigenvalue weighted by molar-refractivity contribution is 5.92. The van der Waals surface area contributed by atoms with E-state index in [1.165, 1.54) is 11.2 Å². The molecule has 1 saturated heterocycles. The Morgan fingerprint density at radius 2 is 1.97 bits per heavy atom. The molecule has 0 spiro atoms. The number of amides is 2. The number of anilines is 1. The Morgan fingerprint density at radius 3 is 2.60 bits per heavy atom. The van der Waals surface area contributed by atoms with Crippen LogP contribution in [0.3, 0.4) is 0 Å². The molecule has 1 aromatic carbocycles. The summed E-state index contributed by atoms with van der Waals surface area (Å²) in [6, 6.07) is 10.8. The first-order chi connectivity index (χ1) is 14.4. The number of aromatic amines is 1. The summed E-state index contributed by atoms with van der Waals surface area (Å²) in [6.07, 6.45) is 3.38. The molecule has 0 radical (unpaired) electrons. The van der Waals surface area contributed by atoms with Crippen molar-refractivity contribution in [1.82, 2.24) is 19.9 Å². The molecular weight excluding hydrogens is 384 g/mol. The van der Waals surface area contributed by atoms with Gasteiger partial charge in [0.05, 0.1) is 11.4 Å². The summed E-state index contributed by atoms with van der Waals surface area (Å²) in [6.45, 7) is 3.27. The number of carboxylic acid groups (broad SMARTS) is 1. The summed E-state index contributed by atoms with van der Waals surface area (Å²) < 4.78 is 0. The normalized spacial score (nSPS) is 18.4. The van der Waals surface area contributed by atoms with Gasteiger partial charge in [0.15, 0.2) is 0 Å². The standard InChI is InChI=1S/C14H19N5O2.C7H7NO/c1-9-4-6-19(14(20)21)7-11(9)18(2)13-10-3-5-15-12(10)16-8-17-13;8-7(9)6-4-2-1-3-5-6/h3,5,8-9,11H,4,6-7H2,1-2H3,(H,20,21)(H,15,16,17);1-5H,(H2,8,9). The minimum atomic E-state index is -0.852. The average Bonchev–Trinajstić information content (AvgIpc) is 3.23. The lowest BCUT2D eigenvalue weighted by atomic mass is 9.92. The Kier molecular flexibility index (Phi) is 6.51. The number of likely N-dealkylation sites (tertiary alicyclic amines) is 1. The van der Waals surface area contributed by atoms with E-state index in [0.717, 1.165) is 23.3 Å². The van der Waals surface area contributed by atoms with Crippen molar-refractivity contribution in [3.63, 3.8) is 0 Å². The van der Waals surface area contributed by atoms with Crippen molar-refractivity contribution in [3.8, 4) is 0 Å². The summed E-state index contributed by atoms with van der Waals surface area (Å²) in [5.74, 6) is 0.871. The molecule has 2 unspecified atom stereocenters. The summed E-state index contributed by atoms with van der Waals surface area (Å²) in [7, 11) is 1.97. The minimum absolute atomic E-state index is 0.114. The van der Waals surface area contributed by atoms with Gasteiger partial charge in [-0.2, -0.15) is 0 Å². The first kappa shape index (κ1) is 21.1. The average molecular weight is 410 g/mol. The predicted molar refractivity (Wildman–Crippen MR) is 114 cm³/mol. The molecule has 2 aromatic heterocycles. The third kappa shape index (κ3) is 4.68. The lowest BCUT2D eigenvalue weighted by Crippen LogP contribution is -2.52. The van der Waals surface area contributed by atoms with E-state index in [4.69, 9.17) is 5.73 Å². The lowest BCUT2D eigenvalue weighted by Gasteiger charge is -2.41. The quantitative estimate of drug-likeness (QED) is 0.609. The molecule has 9 nitrogen and oxygen atoms in total. The van der Waals surface area contributed by atoms with Gasteiger partial charge in [0, 0.05) is 31.9 Å². The number of rotatable bonds is 3. The van der Waals surface area contributed by atoms with Crippen molar-refractivity contribution in [2.45, 2.75) is 19.4 Å². The fourth-order valence-electron chi connectivity index (χ4n) is 3.63. The van der Waals surface area contributed by atoms with Crippen LogP contribution in [0.2, 0.25) is 0 Å². The van der Waals surface area contributed by atoms with Crippen LogP contribution in [-0.2, 0) is 0 Å². The number of carbonyl (C=O) groups is 2. The van der Waals surface area contributed by atoms with E-state index in [-0.39, 0.29) is 11.9 Å². The van der Waals surface area contributed by atoms with Crippen LogP contribution in [0.1, 0.15) is 23.7 Å². The van der Waals surface area contributed by atoms with Crippen molar-refractivity contribution in [2.24, 2.45) is 11.7 Å². The monoisotopic (exact) mass is 410 g/mol. The Morgan fingerprint density at radius 1 is 1.23 bits per heavy atom. The number of hydrogen-bond acceptors (Lipinski definition) is 5. The maximum atomic E-state index is 11.2. The van der Waals surface area contributed by atoms with Crippen LogP contribution in [0.5, 0.6) is 0 Å². The number of fused-ring (bicyclic) bond motifs is 1. The molecular formula is C21H26N6O3. The van der Waals surface area contributed by atoms with Gasteiger partial charge in [0.1, 0.15) is 17.8 Å². The number of H-pyrrole nitrogens is 1. The second-order valence-corrected chi connectivity index (χ2v) is 7.34. The molecule has 2 atom stereocenters. The van der Waals surface area contributed by atoms with Gasteiger partial charge in [-0.25, -0.2) is 14.8 Å². The number of aromatic nitrogens is 3. The highest BCUT2D eigenvalue weighted by atomic mass is 16.4. The molecule has 9 heteroatoms. The number of nitrogens with two attached hydrogens (primary N) is 1. The highest BCUT2D eigenvalue weighted by Gasteiger charge is 2.32. The Balaban J connectivity index is 0.000000239. The van der Waals surface area contributed by atoms with E-state index < -0.39 is 6.09 Å². The van der Waals surface area contributed by atoms with Gasteiger partial charge in [-0.1, -0.05) is 25.1 Å². The summed E-state index contributed by atoms with van der Waals surface area (Å²) >= 11 is 0. The number of nitrogens with zero attached hydrogens (tertiary/aromatic N) is 4. The SMILES string of the molecule is CC1CCN(C(=O)O)CC1N(C)c1ncnc2[nH]ccc12.NC(=O)c1ccccc1. The molecule has 1 aliphatic heterocycles. The summed E-state index contributed by atoms with van der Waals surface area (Å²) in [5.41, 5.74) is 6.32. The number of benzene rings is 1. The second kappa shape index (κ2) is 9.25. The zero-order valence-electron chi connectivity index (χ0n) is 17.0. The van der Waals surface area contributed by atoms with Crippen LogP contribution in [0.15, 0.2) is 48.9 Å². The Bertz CT molecular complexity index is 1010. The molecule has 158 valence electrons. The zero-order valence-corrected chi connectivity index (χ0v) is 17.0. The van der Waals surface area contributed by atoms with Crippen LogP contribution in [0.4, 0.5) is 10.6 Å². The van der Waals surface area contributed by atoms with Crippen LogP contribution in [0, 0.1) is 5.92 Å². The smallest absolute Gasteiger partial charge is 0.407 e. The largest absolute Gasteiger partial charge is 0.465 e. The molecule has 0 saturated carbocycles. The molecule has 0 aliphatic carbocycles. The number of piperidine rings is 1. The van der Waals surface area contributed by atoms with Crippen molar-refractivity contribution < 1.29 is 14.7 Å². The van der Waals surface area contributed by atoms with Gasteiger partial charge in [-0.3, -0.25) is 4.79 Å². The Labute approximate surface area is 174 Å². The van der Waals surface area contributed by atoms with Crippen molar-refractivity contribution in [1.29, 1.82) is 0 Å². The first-order valence-corrected chi connectivity index (χ1v) is 9.72. The van der Waals surface area contributed by atoms with Crippen LogP contribution < -0.4 is 10.6 Å². The van der Waals surface area contributed by atoms with E-state index in [1.807, 2.05) is 25.4 Å². The molecule has 0 bridgehead atoms. The topological polar surface area (TPSA) is 128 Å².